The summed E-state index contributed by atoms with van der Waals surface area (Å²) in [6, 6.07) is 15.1. The lowest BCUT2D eigenvalue weighted by atomic mass is 9.72. The second kappa shape index (κ2) is 6.28. The van der Waals surface area contributed by atoms with Crippen molar-refractivity contribution in [3.05, 3.63) is 70.3 Å². The van der Waals surface area contributed by atoms with Gasteiger partial charge in [0.1, 0.15) is 5.82 Å². The third-order valence-electron chi connectivity index (χ3n) is 6.36. The van der Waals surface area contributed by atoms with E-state index in [1.807, 2.05) is 54.3 Å². The summed E-state index contributed by atoms with van der Waals surface area (Å²) in [4.78, 5) is 32.6. The zero-order valence-corrected chi connectivity index (χ0v) is 17.1. The highest BCUT2D eigenvalue weighted by molar-refractivity contribution is 5.95. The summed E-state index contributed by atoms with van der Waals surface area (Å²) in [5, 5.41) is 0.591. The molecule has 0 N–H and O–H groups in total. The van der Waals surface area contributed by atoms with E-state index >= 15 is 0 Å². The van der Waals surface area contributed by atoms with Crippen LogP contribution in [0.4, 0.5) is 0 Å². The lowest BCUT2D eigenvalue weighted by Gasteiger charge is -2.55. The molecular formula is C24H25N3O2. The molecule has 3 aromatic rings. The van der Waals surface area contributed by atoms with Gasteiger partial charge in [-0.2, -0.15) is 0 Å². The largest absolute Gasteiger partial charge is 0.334 e. The number of aryl methyl sites for hydroxylation is 1. The number of para-hydroxylation sites is 1. The molecular weight excluding hydrogens is 362 g/mol. The fraction of sp³-hybridized carbons (Fsp3) is 0.375. The van der Waals surface area contributed by atoms with Gasteiger partial charge >= 0.3 is 0 Å². The quantitative estimate of drug-likeness (QED) is 0.684. The van der Waals surface area contributed by atoms with Crippen molar-refractivity contribution in [2.75, 3.05) is 6.54 Å². The smallest absolute Gasteiger partial charge is 0.265 e. The second-order valence-corrected chi connectivity index (χ2v) is 9.07. The summed E-state index contributed by atoms with van der Waals surface area (Å²) < 4.78 is 1.61. The number of amides is 1. The standard InChI is InChI=1S/C24H25N3O2/c1-15-25-20-7-5-4-6-19(20)23(29)27(15)18-12-10-17(11-13-18)22(28)26-14-24(2,3)21(26)16-8-9-16/h4-7,10-13,16,21H,8-9,14H2,1-3H3. The molecule has 1 unspecified atom stereocenters. The molecule has 0 radical (unpaired) electrons. The predicted octanol–water partition coefficient (Wildman–Crippen LogP) is 3.95. The molecule has 1 atom stereocenters. The number of hydrogen-bond acceptors (Lipinski definition) is 3. The van der Waals surface area contributed by atoms with Crippen LogP contribution in [0.2, 0.25) is 0 Å². The van der Waals surface area contributed by atoms with Crippen LogP contribution in [0.25, 0.3) is 16.6 Å². The first-order valence-corrected chi connectivity index (χ1v) is 10.3. The number of carbonyl (C=O) groups is 1. The van der Waals surface area contributed by atoms with Gasteiger partial charge in [0.25, 0.3) is 11.5 Å². The number of carbonyl (C=O) groups excluding carboxylic acids is 1. The molecule has 5 nitrogen and oxygen atoms in total. The Hall–Kier alpha value is -2.95. The first-order valence-electron chi connectivity index (χ1n) is 10.3. The SMILES string of the molecule is Cc1nc2ccccc2c(=O)n1-c1ccc(C(=O)N2CC(C)(C)C2C2CC2)cc1. The van der Waals surface area contributed by atoms with Gasteiger partial charge in [0, 0.05) is 23.6 Å². The van der Waals surface area contributed by atoms with E-state index in [0.717, 1.165) is 12.2 Å². The molecule has 5 heteroatoms. The third-order valence-corrected chi connectivity index (χ3v) is 6.36. The minimum atomic E-state index is -0.0922. The molecule has 148 valence electrons. The summed E-state index contributed by atoms with van der Waals surface area (Å²) in [5.41, 5.74) is 2.21. The summed E-state index contributed by atoms with van der Waals surface area (Å²) in [6.45, 7) is 7.15. The van der Waals surface area contributed by atoms with Crippen molar-refractivity contribution in [3.63, 3.8) is 0 Å². The molecule has 1 saturated carbocycles. The van der Waals surface area contributed by atoms with Crippen molar-refractivity contribution in [2.24, 2.45) is 11.3 Å². The van der Waals surface area contributed by atoms with Gasteiger partial charge in [-0.3, -0.25) is 14.2 Å². The highest BCUT2D eigenvalue weighted by Crippen LogP contribution is 2.50. The van der Waals surface area contributed by atoms with E-state index in [-0.39, 0.29) is 16.9 Å². The van der Waals surface area contributed by atoms with Crippen LogP contribution < -0.4 is 5.56 Å². The number of rotatable bonds is 3. The maximum Gasteiger partial charge on any atom is 0.265 e. The summed E-state index contributed by atoms with van der Waals surface area (Å²) in [6.07, 6.45) is 2.46. The fourth-order valence-corrected chi connectivity index (χ4v) is 4.91. The van der Waals surface area contributed by atoms with Crippen LogP contribution in [-0.4, -0.2) is 32.9 Å². The van der Waals surface area contributed by atoms with Gasteiger partial charge in [-0.05, 0) is 62.1 Å². The number of hydrogen-bond donors (Lipinski definition) is 0. The molecule has 0 spiro atoms. The van der Waals surface area contributed by atoms with Crippen LogP contribution in [0.15, 0.2) is 53.3 Å². The van der Waals surface area contributed by atoms with Crippen LogP contribution in [0.5, 0.6) is 0 Å². The molecule has 1 saturated heterocycles. The summed E-state index contributed by atoms with van der Waals surface area (Å²) in [5.74, 6) is 1.38. The van der Waals surface area contributed by atoms with E-state index in [9.17, 15) is 9.59 Å². The Morgan fingerprint density at radius 2 is 1.76 bits per heavy atom. The zero-order chi connectivity index (χ0) is 20.3. The van der Waals surface area contributed by atoms with Gasteiger partial charge in [-0.25, -0.2) is 4.98 Å². The van der Waals surface area contributed by atoms with Crippen LogP contribution in [-0.2, 0) is 0 Å². The lowest BCUT2D eigenvalue weighted by Crippen LogP contribution is -2.64. The van der Waals surface area contributed by atoms with Crippen molar-refractivity contribution in [2.45, 2.75) is 39.7 Å². The topological polar surface area (TPSA) is 55.2 Å². The Morgan fingerprint density at radius 1 is 1.07 bits per heavy atom. The van der Waals surface area contributed by atoms with Crippen LogP contribution in [0.1, 0.15) is 42.9 Å². The number of fused-ring (bicyclic) bond motifs is 1. The van der Waals surface area contributed by atoms with E-state index < -0.39 is 0 Å². The fourth-order valence-electron chi connectivity index (χ4n) is 4.91. The van der Waals surface area contributed by atoms with Crippen molar-refractivity contribution in [1.29, 1.82) is 0 Å². The van der Waals surface area contributed by atoms with E-state index in [4.69, 9.17) is 0 Å². The first kappa shape index (κ1) is 18.1. The van der Waals surface area contributed by atoms with Gasteiger partial charge in [0.05, 0.1) is 16.6 Å². The first-order chi connectivity index (χ1) is 13.9. The van der Waals surface area contributed by atoms with Crippen molar-refractivity contribution in [1.82, 2.24) is 14.5 Å². The Morgan fingerprint density at radius 3 is 2.41 bits per heavy atom. The Balaban J connectivity index is 1.46. The highest BCUT2D eigenvalue weighted by atomic mass is 16.2. The number of nitrogens with zero attached hydrogens (tertiary/aromatic N) is 3. The molecule has 2 aromatic carbocycles. The number of aromatic nitrogens is 2. The van der Waals surface area contributed by atoms with E-state index in [1.54, 1.807) is 10.6 Å². The Bertz CT molecular complexity index is 1170. The van der Waals surface area contributed by atoms with Gasteiger partial charge in [0.15, 0.2) is 0 Å². The molecule has 2 fully saturated rings. The van der Waals surface area contributed by atoms with E-state index in [0.29, 0.717) is 34.3 Å². The van der Waals surface area contributed by atoms with Gasteiger partial charge in [0.2, 0.25) is 0 Å². The van der Waals surface area contributed by atoms with Crippen LogP contribution in [0.3, 0.4) is 0 Å². The second-order valence-electron chi connectivity index (χ2n) is 9.07. The minimum Gasteiger partial charge on any atom is -0.334 e. The van der Waals surface area contributed by atoms with Crippen LogP contribution in [0, 0.1) is 18.3 Å². The number of likely N-dealkylation sites (tertiary alicyclic amines) is 1. The average molecular weight is 387 g/mol. The molecule has 1 aromatic heterocycles. The van der Waals surface area contributed by atoms with Crippen molar-refractivity contribution >= 4 is 16.8 Å². The molecule has 1 aliphatic carbocycles. The van der Waals surface area contributed by atoms with Crippen molar-refractivity contribution in [3.8, 4) is 5.69 Å². The van der Waals surface area contributed by atoms with Crippen LogP contribution >= 0.6 is 0 Å². The number of benzene rings is 2. The average Bonchev–Trinajstić information content (AvgIpc) is 3.51. The molecule has 2 aliphatic rings. The molecule has 29 heavy (non-hydrogen) atoms. The Labute approximate surface area is 170 Å². The van der Waals surface area contributed by atoms with E-state index in [2.05, 4.69) is 18.8 Å². The predicted molar refractivity (Wildman–Crippen MR) is 113 cm³/mol. The Kier molecular flexibility index (Phi) is 3.92. The maximum absolute atomic E-state index is 13.1. The monoisotopic (exact) mass is 387 g/mol. The molecule has 1 amide bonds. The van der Waals surface area contributed by atoms with Gasteiger partial charge in [-0.1, -0.05) is 26.0 Å². The van der Waals surface area contributed by atoms with E-state index in [1.165, 1.54) is 12.8 Å². The maximum atomic E-state index is 13.1. The molecule has 5 rings (SSSR count). The third kappa shape index (κ3) is 2.87. The van der Waals surface area contributed by atoms with Gasteiger partial charge in [-0.15, -0.1) is 0 Å². The molecule has 2 heterocycles. The molecule has 0 bridgehead atoms. The van der Waals surface area contributed by atoms with Gasteiger partial charge < -0.3 is 4.90 Å². The molecule has 1 aliphatic heterocycles. The normalized spacial score (nSPS) is 20.5. The van der Waals surface area contributed by atoms with Crippen molar-refractivity contribution < 1.29 is 4.79 Å². The lowest BCUT2D eigenvalue weighted by molar-refractivity contribution is -0.0409. The minimum absolute atomic E-state index is 0.0912. The highest BCUT2D eigenvalue weighted by Gasteiger charge is 2.54. The zero-order valence-electron chi connectivity index (χ0n) is 17.1. The summed E-state index contributed by atoms with van der Waals surface area (Å²) >= 11 is 0. The summed E-state index contributed by atoms with van der Waals surface area (Å²) in [7, 11) is 0.